The number of ether oxygens (including phenoxy) is 1. The van der Waals surface area contributed by atoms with Crippen LogP contribution in [-0.4, -0.2) is 23.2 Å². The molecule has 5 nitrogen and oxygen atoms in total. The predicted molar refractivity (Wildman–Crippen MR) is 77.4 cm³/mol. The second kappa shape index (κ2) is 5.36. The fourth-order valence-corrected chi connectivity index (χ4v) is 2.29. The fraction of sp³-hybridized carbons (Fsp3) is 0.333. The number of nitrogens with zero attached hydrogens (tertiary/aromatic N) is 1. The first-order chi connectivity index (χ1) is 9.45. The van der Waals surface area contributed by atoms with Crippen molar-refractivity contribution in [2.24, 2.45) is 0 Å². The highest BCUT2D eigenvalue weighted by Gasteiger charge is 2.21. The number of hydrogen-bond donors (Lipinski definition) is 1. The molecular weight excluding hydrogens is 256 g/mol. The van der Waals surface area contributed by atoms with Gasteiger partial charge in [0, 0.05) is 12.3 Å². The number of benzene rings is 1. The zero-order valence-corrected chi connectivity index (χ0v) is 12.1. The summed E-state index contributed by atoms with van der Waals surface area (Å²) in [6.45, 7) is 7.27. The average molecular weight is 274 g/mol. The van der Waals surface area contributed by atoms with E-state index in [-0.39, 0.29) is 11.9 Å². The molecule has 0 atom stereocenters. The predicted octanol–water partition coefficient (Wildman–Crippen LogP) is 2.52. The molecule has 0 spiro atoms. The molecule has 5 heteroatoms. The number of nitrogens with one attached hydrogen (secondary N) is 1. The molecule has 0 aliphatic heterocycles. The number of hydrogen-bond acceptors (Lipinski definition) is 3. The number of carbonyl (C=O) groups excluding carboxylic acids is 2. The summed E-state index contributed by atoms with van der Waals surface area (Å²) in [4.78, 5) is 23.5. The molecule has 0 bridgehead atoms. The van der Waals surface area contributed by atoms with E-state index in [9.17, 15) is 9.59 Å². The Balaban J connectivity index is 2.72. The van der Waals surface area contributed by atoms with Crippen LogP contribution >= 0.6 is 0 Å². The number of rotatable bonds is 3. The summed E-state index contributed by atoms with van der Waals surface area (Å²) in [7, 11) is 0. The van der Waals surface area contributed by atoms with E-state index in [1.165, 1.54) is 6.92 Å². The highest BCUT2D eigenvalue weighted by atomic mass is 16.5. The van der Waals surface area contributed by atoms with Gasteiger partial charge in [0.1, 0.15) is 0 Å². The van der Waals surface area contributed by atoms with E-state index < -0.39 is 0 Å². The SMILES string of the molecule is CCOC(=O)c1c(C)n(NC(C)=O)c2ccc(C)cc12. The van der Waals surface area contributed by atoms with Gasteiger partial charge in [-0.05, 0) is 32.9 Å². The Morgan fingerprint density at radius 2 is 2.00 bits per heavy atom. The summed E-state index contributed by atoms with van der Waals surface area (Å²) in [6, 6.07) is 5.75. The van der Waals surface area contributed by atoms with E-state index in [0.717, 1.165) is 16.5 Å². The zero-order valence-electron chi connectivity index (χ0n) is 12.1. The van der Waals surface area contributed by atoms with Crippen LogP contribution in [0.25, 0.3) is 10.9 Å². The number of aryl methyl sites for hydroxylation is 1. The summed E-state index contributed by atoms with van der Waals surface area (Å²) in [5.74, 6) is -0.564. The molecule has 2 aromatic rings. The topological polar surface area (TPSA) is 60.3 Å². The van der Waals surface area contributed by atoms with Gasteiger partial charge in [-0.25, -0.2) is 4.79 Å². The van der Waals surface area contributed by atoms with Crippen LogP contribution in [0, 0.1) is 13.8 Å². The third-order valence-electron chi connectivity index (χ3n) is 3.11. The van der Waals surface area contributed by atoms with Crippen LogP contribution in [0.3, 0.4) is 0 Å². The van der Waals surface area contributed by atoms with Gasteiger partial charge in [-0.15, -0.1) is 0 Å². The second-order valence-electron chi connectivity index (χ2n) is 4.70. The van der Waals surface area contributed by atoms with Crippen molar-refractivity contribution >= 4 is 22.8 Å². The Labute approximate surface area is 117 Å². The van der Waals surface area contributed by atoms with Crippen molar-refractivity contribution in [3.63, 3.8) is 0 Å². The zero-order chi connectivity index (χ0) is 14.9. The lowest BCUT2D eigenvalue weighted by atomic mass is 10.1. The highest BCUT2D eigenvalue weighted by Crippen LogP contribution is 2.26. The third kappa shape index (κ3) is 2.39. The van der Waals surface area contributed by atoms with Crippen molar-refractivity contribution in [2.75, 3.05) is 12.0 Å². The van der Waals surface area contributed by atoms with E-state index in [1.54, 1.807) is 18.5 Å². The molecule has 0 saturated heterocycles. The van der Waals surface area contributed by atoms with Crippen LogP contribution in [0.4, 0.5) is 0 Å². The Morgan fingerprint density at radius 3 is 2.60 bits per heavy atom. The monoisotopic (exact) mass is 274 g/mol. The van der Waals surface area contributed by atoms with Crippen LogP contribution in [-0.2, 0) is 9.53 Å². The molecule has 0 fully saturated rings. The maximum Gasteiger partial charge on any atom is 0.340 e. The van der Waals surface area contributed by atoms with E-state index >= 15 is 0 Å². The molecule has 106 valence electrons. The molecule has 1 aromatic carbocycles. The first-order valence-electron chi connectivity index (χ1n) is 6.52. The molecule has 0 saturated carbocycles. The number of esters is 1. The number of carbonyl (C=O) groups is 2. The van der Waals surface area contributed by atoms with Crippen LogP contribution in [0.15, 0.2) is 18.2 Å². The molecule has 1 amide bonds. The van der Waals surface area contributed by atoms with Crippen LogP contribution in [0.5, 0.6) is 0 Å². The number of fused-ring (bicyclic) bond motifs is 1. The van der Waals surface area contributed by atoms with Gasteiger partial charge in [0.25, 0.3) is 0 Å². The average Bonchev–Trinajstić information content (AvgIpc) is 2.61. The lowest BCUT2D eigenvalue weighted by Gasteiger charge is -2.08. The Hall–Kier alpha value is -2.30. The Kier molecular flexibility index (Phi) is 3.79. The van der Waals surface area contributed by atoms with E-state index in [1.807, 2.05) is 25.1 Å². The van der Waals surface area contributed by atoms with Gasteiger partial charge < -0.3 is 4.74 Å². The molecule has 1 aromatic heterocycles. The quantitative estimate of drug-likeness (QED) is 0.875. The van der Waals surface area contributed by atoms with E-state index in [2.05, 4.69) is 5.43 Å². The van der Waals surface area contributed by atoms with Gasteiger partial charge in [0.15, 0.2) is 0 Å². The van der Waals surface area contributed by atoms with Gasteiger partial charge in [0.2, 0.25) is 5.91 Å². The van der Waals surface area contributed by atoms with E-state index in [0.29, 0.717) is 17.9 Å². The second-order valence-corrected chi connectivity index (χ2v) is 4.70. The van der Waals surface area contributed by atoms with E-state index in [4.69, 9.17) is 4.74 Å². The minimum atomic E-state index is -0.371. The van der Waals surface area contributed by atoms with Crippen molar-refractivity contribution in [1.82, 2.24) is 4.68 Å². The third-order valence-corrected chi connectivity index (χ3v) is 3.11. The minimum Gasteiger partial charge on any atom is -0.462 e. The lowest BCUT2D eigenvalue weighted by Crippen LogP contribution is -2.21. The van der Waals surface area contributed by atoms with Crippen molar-refractivity contribution in [1.29, 1.82) is 0 Å². The number of aromatic nitrogens is 1. The Morgan fingerprint density at radius 1 is 1.30 bits per heavy atom. The van der Waals surface area contributed by atoms with Gasteiger partial charge in [-0.1, -0.05) is 11.6 Å². The van der Waals surface area contributed by atoms with Crippen molar-refractivity contribution in [3.8, 4) is 0 Å². The van der Waals surface area contributed by atoms with Gasteiger partial charge >= 0.3 is 5.97 Å². The fourth-order valence-electron chi connectivity index (χ4n) is 2.29. The maximum absolute atomic E-state index is 12.1. The first kappa shape index (κ1) is 14.1. The molecular formula is C15H18N2O3. The van der Waals surface area contributed by atoms with Gasteiger partial charge in [-0.3, -0.25) is 14.9 Å². The summed E-state index contributed by atoms with van der Waals surface area (Å²) < 4.78 is 6.74. The maximum atomic E-state index is 12.1. The normalized spacial score (nSPS) is 10.6. The molecule has 0 radical (unpaired) electrons. The van der Waals surface area contributed by atoms with Gasteiger partial charge in [0.05, 0.1) is 23.4 Å². The molecule has 0 unspecified atom stereocenters. The molecule has 20 heavy (non-hydrogen) atoms. The summed E-state index contributed by atoms with van der Waals surface area (Å²) >= 11 is 0. The summed E-state index contributed by atoms with van der Waals surface area (Å²) in [6.07, 6.45) is 0. The van der Waals surface area contributed by atoms with Crippen molar-refractivity contribution in [3.05, 3.63) is 35.0 Å². The molecule has 1 N–H and O–H groups in total. The molecule has 0 aliphatic rings. The number of amides is 1. The Bertz CT molecular complexity index is 686. The van der Waals surface area contributed by atoms with Gasteiger partial charge in [-0.2, -0.15) is 0 Å². The lowest BCUT2D eigenvalue weighted by molar-refractivity contribution is -0.115. The standard InChI is InChI=1S/C15H18N2O3/c1-5-20-15(19)14-10(3)17(16-11(4)18)13-7-6-9(2)8-12(13)14/h6-8H,5H2,1-4H3,(H,16,18). The molecule has 2 rings (SSSR count). The molecule has 1 heterocycles. The minimum absolute atomic E-state index is 0.194. The highest BCUT2D eigenvalue weighted by molar-refractivity contribution is 6.06. The molecule has 0 aliphatic carbocycles. The smallest absolute Gasteiger partial charge is 0.340 e. The first-order valence-corrected chi connectivity index (χ1v) is 6.52. The van der Waals surface area contributed by atoms with Crippen LogP contribution < -0.4 is 5.43 Å². The van der Waals surface area contributed by atoms with Crippen molar-refractivity contribution < 1.29 is 14.3 Å². The largest absolute Gasteiger partial charge is 0.462 e. The van der Waals surface area contributed by atoms with Crippen LogP contribution in [0.1, 0.15) is 35.5 Å². The van der Waals surface area contributed by atoms with Crippen molar-refractivity contribution in [2.45, 2.75) is 27.7 Å². The summed E-state index contributed by atoms with van der Waals surface area (Å²) in [5, 5.41) is 0.787. The summed E-state index contributed by atoms with van der Waals surface area (Å²) in [5.41, 5.74) is 5.72. The van der Waals surface area contributed by atoms with Crippen LogP contribution in [0.2, 0.25) is 0 Å².